The molecule has 0 spiro atoms. The molecule has 1 atom stereocenters. The van der Waals surface area contributed by atoms with Crippen LogP contribution in [0.1, 0.15) is 41.9 Å². The largest absolute Gasteiger partial charge is 0.417 e. The van der Waals surface area contributed by atoms with Gasteiger partial charge in [0.05, 0.1) is 11.7 Å². The van der Waals surface area contributed by atoms with E-state index in [4.69, 9.17) is 5.73 Å². The molecular weight excluding hydrogens is 383 g/mol. The lowest BCUT2D eigenvalue weighted by molar-refractivity contribution is -0.266. The second-order valence-corrected chi connectivity index (χ2v) is 7.93. The van der Waals surface area contributed by atoms with Crippen LogP contribution in [0.5, 0.6) is 0 Å². The van der Waals surface area contributed by atoms with E-state index in [9.17, 15) is 23.1 Å². The maximum atomic E-state index is 14.0. The number of aliphatic hydroxyl groups is 1. The number of fused-ring (bicyclic) bond motifs is 1. The fourth-order valence-electron chi connectivity index (χ4n) is 3.82. The predicted octanol–water partition coefficient (Wildman–Crippen LogP) is 3.87. The minimum atomic E-state index is -4.89. The Hall–Kier alpha value is -2.87. The number of pyridine rings is 1. The number of carbonyl (C=O) groups excluding carboxylic acids is 1. The summed E-state index contributed by atoms with van der Waals surface area (Å²) in [5.41, 5.74) is 2.52. The van der Waals surface area contributed by atoms with Crippen molar-refractivity contribution in [3.05, 3.63) is 65.6 Å². The number of hydrogen-bond donors (Lipinski definition) is 3. The number of aromatic amines is 1. The number of primary amides is 1. The van der Waals surface area contributed by atoms with Crippen molar-refractivity contribution in [1.82, 2.24) is 9.97 Å². The minimum Gasteiger partial charge on any atom is -0.380 e. The molecule has 3 rings (SSSR count). The molecule has 0 aliphatic heterocycles. The molecule has 2 heterocycles. The number of carbonyl (C=O) groups is 1. The lowest BCUT2D eigenvalue weighted by Crippen LogP contribution is -2.51. The SMILES string of the molecule is CC(C)(CC(O)(Cc1cc2ccncc2[nH]1)C(F)(F)F)c1ccccc1C(N)=O. The van der Waals surface area contributed by atoms with Gasteiger partial charge in [0.25, 0.3) is 0 Å². The zero-order chi connectivity index (χ0) is 21.4. The van der Waals surface area contributed by atoms with E-state index < -0.39 is 35.9 Å². The van der Waals surface area contributed by atoms with Crippen LogP contribution >= 0.6 is 0 Å². The van der Waals surface area contributed by atoms with E-state index in [-0.39, 0.29) is 11.3 Å². The summed E-state index contributed by atoms with van der Waals surface area (Å²) in [6.45, 7) is 3.11. The molecule has 2 aromatic heterocycles. The van der Waals surface area contributed by atoms with E-state index in [0.717, 1.165) is 0 Å². The quantitative estimate of drug-likeness (QED) is 0.581. The number of halogens is 3. The minimum absolute atomic E-state index is 0.138. The van der Waals surface area contributed by atoms with Gasteiger partial charge in [-0.3, -0.25) is 9.78 Å². The van der Waals surface area contributed by atoms with Gasteiger partial charge in [0.15, 0.2) is 5.60 Å². The van der Waals surface area contributed by atoms with Crippen molar-refractivity contribution in [2.75, 3.05) is 0 Å². The van der Waals surface area contributed by atoms with Crippen molar-refractivity contribution in [3.63, 3.8) is 0 Å². The van der Waals surface area contributed by atoms with Crippen LogP contribution in [0.25, 0.3) is 10.9 Å². The summed E-state index contributed by atoms with van der Waals surface area (Å²) >= 11 is 0. The fraction of sp³-hybridized carbons (Fsp3) is 0.333. The highest BCUT2D eigenvalue weighted by atomic mass is 19.4. The topological polar surface area (TPSA) is 92.0 Å². The van der Waals surface area contributed by atoms with Crippen LogP contribution in [0.2, 0.25) is 0 Å². The highest BCUT2D eigenvalue weighted by molar-refractivity contribution is 5.94. The summed E-state index contributed by atoms with van der Waals surface area (Å²) < 4.78 is 41.9. The number of hydrogen-bond acceptors (Lipinski definition) is 3. The molecule has 0 radical (unpaired) electrons. The first-order valence-electron chi connectivity index (χ1n) is 9.03. The molecule has 154 valence electrons. The molecule has 1 aromatic carbocycles. The Balaban J connectivity index is 1.99. The predicted molar refractivity (Wildman–Crippen MR) is 103 cm³/mol. The van der Waals surface area contributed by atoms with Crippen molar-refractivity contribution in [3.8, 4) is 0 Å². The van der Waals surface area contributed by atoms with Gasteiger partial charge in [0.1, 0.15) is 0 Å². The molecule has 0 aliphatic rings. The molecule has 0 aliphatic carbocycles. The Morgan fingerprint density at radius 1 is 1.21 bits per heavy atom. The summed E-state index contributed by atoms with van der Waals surface area (Å²) in [5.74, 6) is -0.729. The van der Waals surface area contributed by atoms with Gasteiger partial charge in [0.2, 0.25) is 5.91 Å². The summed E-state index contributed by atoms with van der Waals surface area (Å²) in [6, 6.07) is 9.49. The second kappa shape index (κ2) is 7.18. The first-order valence-corrected chi connectivity index (χ1v) is 9.03. The van der Waals surface area contributed by atoms with Crippen molar-refractivity contribution in [2.45, 2.75) is 43.9 Å². The number of amides is 1. The van der Waals surface area contributed by atoms with Gasteiger partial charge in [-0.25, -0.2) is 0 Å². The number of H-pyrrole nitrogens is 1. The average Bonchev–Trinajstić information content (AvgIpc) is 3.02. The van der Waals surface area contributed by atoms with Gasteiger partial charge >= 0.3 is 6.18 Å². The first kappa shape index (κ1) is 20.9. The Kier molecular flexibility index (Phi) is 5.17. The molecule has 0 saturated carbocycles. The van der Waals surface area contributed by atoms with Crippen LogP contribution in [0.4, 0.5) is 13.2 Å². The van der Waals surface area contributed by atoms with Crippen molar-refractivity contribution in [1.29, 1.82) is 0 Å². The molecule has 5 nitrogen and oxygen atoms in total. The lowest BCUT2D eigenvalue weighted by Gasteiger charge is -2.38. The van der Waals surface area contributed by atoms with E-state index in [0.29, 0.717) is 16.5 Å². The number of nitrogens with zero attached hydrogens (tertiary/aromatic N) is 1. The van der Waals surface area contributed by atoms with Gasteiger partial charge in [-0.1, -0.05) is 32.0 Å². The molecule has 0 fully saturated rings. The van der Waals surface area contributed by atoms with Crippen LogP contribution in [0, 0.1) is 0 Å². The van der Waals surface area contributed by atoms with Crippen LogP contribution in [-0.2, 0) is 11.8 Å². The van der Waals surface area contributed by atoms with Crippen molar-refractivity contribution in [2.24, 2.45) is 5.73 Å². The zero-order valence-corrected chi connectivity index (χ0v) is 16.0. The third kappa shape index (κ3) is 4.12. The first-order chi connectivity index (χ1) is 13.4. The number of aromatic nitrogens is 2. The molecule has 0 bridgehead atoms. The molecule has 0 saturated heterocycles. The molecule has 3 aromatic rings. The van der Waals surface area contributed by atoms with Crippen LogP contribution in [0.15, 0.2) is 48.8 Å². The summed E-state index contributed by atoms with van der Waals surface area (Å²) in [5, 5.41) is 11.5. The highest BCUT2D eigenvalue weighted by Gasteiger charge is 2.56. The number of alkyl halides is 3. The Morgan fingerprint density at radius 2 is 1.90 bits per heavy atom. The third-order valence-corrected chi connectivity index (χ3v) is 5.15. The maximum Gasteiger partial charge on any atom is 0.417 e. The monoisotopic (exact) mass is 405 g/mol. The maximum absolute atomic E-state index is 14.0. The number of rotatable bonds is 6. The molecule has 1 unspecified atom stereocenters. The molecular formula is C21H22F3N3O2. The summed E-state index contributed by atoms with van der Waals surface area (Å²) in [7, 11) is 0. The standard InChI is InChI=1S/C21H22F3N3O2/c1-19(2,16-6-4-3-5-15(16)18(25)28)12-20(29,21(22,23)24)10-14-9-13-7-8-26-11-17(13)27-14/h3-9,11,27,29H,10,12H2,1-2H3,(H2,25,28). The Labute approximate surface area is 165 Å². The zero-order valence-electron chi connectivity index (χ0n) is 16.0. The van der Waals surface area contributed by atoms with Gasteiger partial charge in [-0.15, -0.1) is 0 Å². The fourth-order valence-corrected chi connectivity index (χ4v) is 3.82. The van der Waals surface area contributed by atoms with Crippen molar-refractivity contribution >= 4 is 16.8 Å². The molecule has 8 heteroatoms. The normalized spacial score (nSPS) is 14.7. The van der Waals surface area contributed by atoms with Gasteiger partial charge in [-0.2, -0.15) is 13.2 Å². The number of nitrogens with one attached hydrogen (secondary N) is 1. The second-order valence-electron chi connectivity index (χ2n) is 7.93. The Bertz CT molecular complexity index is 1010. The van der Waals surface area contributed by atoms with Crippen LogP contribution in [-0.4, -0.2) is 32.8 Å². The van der Waals surface area contributed by atoms with E-state index in [2.05, 4.69) is 9.97 Å². The number of nitrogens with two attached hydrogens (primary N) is 1. The van der Waals surface area contributed by atoms with E-state index in [1.54, 1.807) is 50.4 Å². The third-order valence-electron chi connectivity index (χ3n) is 5.15. The van der Waals surface area contributed by atoms with E-state index in [1.165, 1.54) is 12.3 Å². The average molecular weight is 405 g/mol. The summed E-state index contributed by atoms with van der Waals surface area (Å²) in [6.07, 6.45) is -3.14. The Morgan fingerprint density at radius 3 is 2.52 bits per heavy atom. The van der Waals surface area contributed by atoms with E-state index >= 15 is 0 Å². The van der Waals surface area contributed by atoms with Gasteiger partial charge in [0, 0.05) is 29.3 Å². The van der Waals surface area contributed by atoms with Crippen LogP contribution in [0.3, 0.4) is 0 Å². The molecule has 1 amide bonds. The van der Waals surface area contributed by atoms with Crippen LogP contribution < -0.4 is 5.73 Å². The molecule has 29 heavy (non-hydrogen) atoms. The summed E-state index contributed by atoms with van der Waals surface area (Å²) in [4.78, 5) is 18.6. The number of benzene rings is 1. The smallest absolute Gasteiger partial charge is 0.380 e. The van der Waals surface area contributed by atoms with Crippen molar-refractivity contribution < 1.29 is 23.1 Å². The lowest BCUT2D eigenvalue weighted by atomic mass is 9.72. The van der Waals surface area contributed by atoms with Gasteiger partial charge in [-0.05, 0) is 35.6 Å². The van der Waals surface area contributed by atoms with E-state index in [1.807, 2.05) is 0 Å². The molecule has 4 N–H and O–H groups in total. The van der Waals surface area contributed by atoms with Gasteiger partial charge < -0.3 is 15.8 Å². The highest BCUT2D eigenvalue weighted by Crippen LogP contribution is 2.43.